The number of nitrogens with one attached hydrogen (secondary N) is 1. The van der Waals surface area contributed by atoms with E-state index in [4.69, 9.17) is 5.73 Å². The van der Waals surface area contributed by atoms with Gasteiger partial charge in [0.05, 0.1) is 11.5 Å². The summed E-state index contributed by atoms with van der Waals surface area (Å²) < 4.78 is 0. The third-order valence-corrected chi connectivity index (χ3v) is 3.82. The van der Waals surface area contributed by atoms with E-state index in [1.165, 1.54) is 17.0 Å². The van der Waals surface area contributed by atoms with Gasteiger partial charge in [-0.1, -0.05) is 6.92 Å². The fraction of sp³-hybridized carbons (Fsp3) is 0.250. The van der Waals surface area contributed by atoms with E-state index < -0.39 is 4.92 Å². The summed E-state index contributed by atoms with van der Waals surface area (Å²) in [5.41, 5.74) is 5.48. The van der Waals surface area contributed by atoms with E-state index in [1.54, 1.807) is 11.3 Å². The van der Waals surface area contributed by atoms with E-state index in [9.17, 15) is 10.1 Å². The summed E-state index contributed by atoms with van der Waals surface area (Å²) in [5, 5.41) is 13.8. The fourth-order valence-electron chi connectivity index (χ4n) is 1.62. The number of thiophene rings is 1. The lowest BCUT2D eigenvalue weighted by molar-refractivity contribution is -0.384. The summed E-state index contributed by atoms with van der Waals surface area (Å²) in [6, 6.07) is 6.84. The summed E-state index contributed by atoms with van der Waals surface area (Å²) in [7, 11) is 0. The molecule has 6 nitrogen and oxygen atoms in total. The van der Waals surface area contributed by atoms with Crippen LogP contribution in [0.4, 0.5) is 17.3 Å². The molecule has 0 unspecified atom stereocenters. The molecule has 0 radical (unpaired) electrons. The minimum atomic E-state index is -0.472. The van der Waals surface area contributed by atoms with Gasteiger partial charge in [0.2, 0.25) is 5.82 Å². The first-order valence-corrected chi connectivity index (χ1v) is 6.64. The van der Waals surface area contributed by atoms with Gasteiger partial charge in [-0.2, -0.15) is 0 Å². The first kappa shape index (κ1) is 13.3. The van der Waals surface area contributed by atoms with Gasteiger partial charge in [0.1, 0.15) is 5.82 Å². The van der Waals surface area contributed by atoms with Gasteiger partial charge in [-0.3, -0.25) is 10.1 Å². The number of nitrogens with zero attached hydrogens (tertiary/aromatic N) is 2. The largest absolute Gasteiger partial charge is 0.384 e. The zero-order chi connectivity index (χ0) is 13.8. The highest BCUT2D eigenvalue weighted by molar-refractivity contribution is 7.12. The first-order chi connectivity index (χ1) is 9.10. The number of hydrogen-bond donors (Lipinski definition) is 2. The topological polar surface area (TPSA) is 94.1 Å². The number of hydrogen-bond acceptors (Lipinski definition) is 6. The van der Waals surface area contributed by atoms with Crippen LogP contribution >= 0.6 is 11.3 Å². The molecule has 2 aromatic rings. The molecular weight excluding hydrogens is 264 g/mol. The van der Waals surface area contributed by atoms with Crippen LogP contribution in [0.5, 0.6) is 0 Å². The summed E-state index contributed by atoms with van der Waals surface area (Å²) in [6.07, 6.45) is 0.987. The number of nitro groups is 1. The minimum absolute atomic E-state index is 0.0681. The van der Waals surface area contributed by atoms with Crippen molar-refractivity contribution in [1.82, 2.24) is 4.98 Å². The molecule has 0 fully saturated rings. The lowest BCUT2D eigenvalue weighted by Crippen LogP contribution is -2.05. The van der Waals surface area contributed by atoms with Gasteiger partial charge in [0.25, 0.3) is 0 Å². The highest BCUT2D eigenvalue weighted by atomic mass is 32.1. The zero-order valence-corrected chi connectivity index (χ0v) is 11.2. The Kier molecular flexibility index (Phi) is 3.96. The molecule has 0 saturated carbocycles. The lowest BCUT2D eigenvalue weighted by Gasteiger charge is -2.05. The molecule has 0 bridgehead atoms. The molecule has 2 heterocycles. The molecule has 0 aromatic carbocycles. The van der Waals surface area contributed by atoms with Crippen molar-refractivity contribution in [1.29, 1.82) is 0 Å². The van der Waals surface area contributed by atoms with Crippen molar-refractivity contribution in [2.75, 3.05) is 11.1 Å². The van der Waals surface area contributed by atoms with Gasteiger partial charge < -0.3 is 11.1 Å². The molecule has 0 aliphatic carbocycles. The van der Waals surface area contributed by atoms with Crippen molar-refractivity contribution in [3.63, 3.8) is 0 Å². The number of nitrogen functional groups attached to an aromatic ring is 1. The summed E-state index contributed by atoms with van der Waals surface area (Å²) >= 11 is 1.68. The Balaban J connectivity index is 2.14. The molecule has 3 N–H and O–H groups in total. The molecule has 0 saturated heterocycles. The van der Waals surface area contributed by atoms with Crippen LogP contribution in [0.15, 0.2) is 24.3 Å². The van der Waals surface area contributed by atoms with Crippen molar-refractivity contribution < 1.29 is 4.92 Å². The van der Waals surface area contributed by atoms with Crippen LogP contribution in [-0.2, 0) is 13.0 Å². The molecule has 2 aromatic heterocycles. The molecule has 0 spiro atoms. The van der Waals surface area contributed by atoms with Gasteiger partial charge in [-0.15, -0.1) is 11.3 Å². The minimum Gasteiger partial charge on any atom is -0.384 e. The fourth-order valence-corrected chi connectivity index (χ4v) is 2.52. The van der Waals surface area contributed by atoms with E-state index in [2.05, 4.69) is 23.3 Å². The molecule has 0 aliphatic rings. The number of rotatable bonds is 5. The maximum atomic E-state index is 10.9. The Hall–Kier alpha value is -2.15. The SMILES string of the molecule is CCc1ccc(CNc2nc(N)ccc2[N+](=O)[O-])s1. The Bertz CT molecular complexity index is 597. The van der Waals surface area contributed by atoms with Crippen LogP contribution in [0.2, 0.25) is 0 Å². The van der Waals surface area contributed by atoms with Crippen LogP contribution in [0.3, 0.4) is 0 Å². The number of aryl methyl sites for hydroxylation is 1. The van der Waals surface area contributed by atoms with Crippen LogP contribution in [0.1, 0.15) is 16.7 Å². The highest BCUT2D eigenvalue weighted by Crippen LogP contribution is 2.24. The van der Waals surface area contributed by atoms with Crippen LogP contribution < -0.4 is 11.1 Å². The van der Waals surface area contributed by atoms with E-state index in [-0.39, 0.29) is 17.3 Å². The Morgan fingerprint density at radius 1 is 1.37 bits per heavy atom. The molecule has 7 heteroatoms. The molecule has 0 amide bonds. The molecule has 100 valence electrons. The summed E-state index contributed by atoms with van der Waals surface area (Å²) in [6.45, 7) is 2.59. The molecular formula is C12H14N4O2S. The average molecular weight is 278 g/mol. The highest BCUT2D eigenvalue weighted by Gasteiger charge is 2.15. The van der Waals surface area contributed by atoms with Crippen molar-refractivity contribution in [2.45, 2.75) is 19.9 Å². The maximum Gasteiger partial charge on any atom is 0.311 e. The molecule has 0 atom stereocenters. The predicted octanol–water partition coefficient (Wildman–Crippen LogP) is 2.81. The average Bonchev–Trinajstić information content (AvgIpc) is 2.84. The van der Waals surface area contributed by atoms with Gasteiger partial charge >= 0.3 is 5.69 Å². The van der Waals surface area contributed by atoms with Crippen LogP contribution in [-0.4, -0.2) is 9.91 Å². The Labute approximate surface area is 114 Å². The van der Waals surface area contributed by atoms with Crippen molar-refractivity contribution in [3.8, 4) is 0 Å². The van der Waals surface area contributed by atoms with E-state index in [1.807, 2.05) is 6.07 Å². The second-order valence-corrected chi connectivity index (χ2v) is 5.19. The monoisotopic (exact) mass is 278 g/mol. The zero-order valence-electron chi connectivity index (χ0n) is 10.4. The summed E-state index contributed by atoms with van der Waals surface area (Å²) in [5.74, 6) is 0.463. The Morgan fingerprint density at radius 3 is 2.74 bits per heavy atom. The van der Waals surface area contributed by atoms with Crippen molar-refractivity contribution in [2.24, 2.45) is 0 Å². The quantitative estimate of drug-likeness (QED) is 0.648. The predicted molar refractivity (Wildman–Crippen MR) is 76.3 cm³/mol. The number of pyridine rings is 1. The first-order valence-electron chi connectivity index (χ1n) is 5.82. The lowest BCUT2D eigenvalue weighted by atomic mass is 10.3. The molecule has 19 heavy (non-hydrogen) atoms. The standard InChI is InChI=1S/C12H14N4O2S/c1-2-8-3-4-9(19-8)7-14-12-10(16(17)18)5-6-11(13)15-12/h3-6H,2,7H2,1H3,(H3,13,14,15). The van der Waals surface area contributed by atoms with Crippen molar-refractivity contribution >= 4 is 28.7 Å². The van der Waals surface area contributed by atoms with Gasteiger partial charge in [-0.05, 0) is 24.6 Å². The van der Waals surface area contributed by atoms with Gasteiger partial charge in [0.15, 0.2) is 0 Å². The summed E-state index contributed by atoms with van der Waals surface area (Å²) in [4.78, 5) is 16.8. The second kappa shape index (κ2) is 5.66. The maximum absolute atomic E-state index is 10.9. The molecule has 0 aliphatic heterocycles. The van der Waals surface area contributed by atoms with Gasteiger partial charge in [0, 0.05) is 15.8 Å². The smallest absolute Gasteiger partial charge is 0.311 e. The van der Waals surface area contributed by atoms with Crippen LogP contribution in [0, 0.1) is 10.1 Å². The third kappa shape index (κ3) is 3.19. The van der Waals surface area contributed by atoms with Crippen LogP contribution in [0.25, 0.3) is 0 Å². The van der Waals surface area contributed by atoms with Gasteiger partial charge in [-0.25, -0.2) is 4.98 Å². The third-order valence-electron chi connectivity index (χ3n) is 2.59. The second-order valence-electron chi connectivity index (χ2n) is 3.94. The van der Waals surface area contributed by atoms with E-state index in [0.29, 0.717) is 6.54 Å². The number of aromatic nitrogens is 1. The molecule has 2 rings (SSSR count). The van der Waals surface area contributed by atoms with E-state index >= 15 is 0 Å². The van der Waals surface area contributed by atoms with Crippen molar-refractivity contribution in [3.05, 3.63) is 44.1 Å². The normalized spacial score (nSPS) is 10.4. The van der Waals surface area contributed by atoms with E-state index in [0.717, 1.165) is 11.3 Å². The Morgan fingerprint density at radius 2 is 2.11 bits per heavy atom. The number of nitrogens with two attached hydrogens (primary N) is 1. The number of anilines is 2.